The lowest BCUT2D eigenvalue weighted by Gasteiger charge is -2.47. The van der Waals surface area contributed by atoms with Gasteiger partial charge in [0.2, 0.25) is 5.43 Å². The van der Waals surface area contributed by atoms with Gasteiger partial charge in [-0.2, -0.15) is 0 Å². The number of carboxylic acid groups (broad SMARTS) is 1. The Bertz CT molecular complexity index is 2090. The Morgan fingerprint density at radius 2 is 1.35 bits per heavy atom. The van der Waals surface area contributed by atoms with Crippen LogP contribution in [-0.4, -0.2) is 199 Å². The highest BCUT2D eigenvalue weighted by Gasteiger charge is 2.54. The Morgan fingerprint density at radius 1 is 0.800 bits per heavy atom. The van der Waals surface area contributed by atoms with Crippen LogP contribution in [0.15, 0.2) is 17.1 Å². The van der Waals surface area contributed by atoms with Crippen molar-refractivity contribution in [2.24, 2.45) is 34.4 Å². The minimum atomic E-state index is -1.62. The monoisotopic (exact) mass is 933 g/mol. The number of hydrogen-bond acceptors (Lipinski definition) is 23. The van der Waals surface area contributed by atoms with E-state index < -0.39 is 152 Å². The summed E-state index contributed by atoms with van der Waals surface area (Å²) in [5.74, 6) is -1.68. The molecule has 25 nitrogen and oxygen atoms in total. The molecule has 4 aliphatic heterocycles. The van der Waals surface area contributed by atoms with E-state index in [1.165, 1.54) is 6.20 Å². The third-order valence-electron chi connectivity index (χ3n) is 13.0. The Morgan fingerprint density at radius 3 is 1.92 bits per heavy atom. The lowest BCUT2D eigenvalue weighted by atomic mass is 9.84. The summed E-state index contributed by atoms with van der Waals surface area (Å²) in [4.78, 5) is 23.7. The number of carbonyl (C=O) groups is 1. The Hall–Kier alpha value is -3.17. The molecule has 2 aromatic rings. The number of ether oxygens (including phenoxy) is 7. The fraction of sp³-hybridized carbons (Fsp3) is 0.744. The first-order chi connectivity index (χ1) is 30.7. The molecule has 21 N–H and O–H groups in total. The molecule has 1 aromatic carbocycles. The highest BCUT2D eigenvalue weighted by Crippen LogP contribution is 2.50. The maximum Gasteiger partial charge on any atom is 0.341 e. The van der Waals surface area contributed by atoms with Crippen LogP contribution in [0.25, 0.3) is 10.9 Å². The average molecular weight is 934 g/mol. The molecule has 0 spiro atoms. The number of nitrogens with two attached hydrogens (primary N) is 6. The predicted octanol–water partition coefficient (Wildman–Crippen LogP) is -7.12. The van der Waals surface area contributed by atoms with Crippen LogP contribution in [0.1, 0.15) is 48.1 Å². The SMILES string of the molecule is C[C@H]1COc2c(C3(N)CC3)c(F)cc3c(=O)c(C(=O)O)cn1c23.NC[C@@H]1O[C@H](O[C@H]2[C@@H](O)[C@H](O[C@@H]3[C@@H](O)[C@H](N)C[C@H](N)[C@H]3O[C@H]3O[C@H](CO)[C@@H](O)[C@H](O)[C@H]3N)O[C@@H]2CO)[C@H](N)[C@@H](O)[C@@H]1O. The topological polar surface area (TPSA) is 442 Å². The van der Waals surface area contributed by atoms with Gasteiger partial charge in [-0.15, -0.1) is 0 Å². The normalized spacial score (nSPS) is 42.2. The molecule has 26 heteroatoms. The molecule has 366 valence electrons. The summed E-state index contributed by atoms with van der Waals surface area (Å²) in [6.45, 7) is 0.619. The van der Waals surface area contributed by atoms with Crippen molar-refractivity contribution in [1.29, 1.82) is 0 Å². The Kier molecular flexibility index (Phi) is 14.9. The zero-order chi connectivity index (χ0) is 47.6. The van der Waals surface area contributed by atoms with E-state index in [0.29, 0.717) is 18.4 Å². The molecule has 65 heavy (non-hydrogen) atoms. The summed E-state index contributed by atoms with van der Waals surface area (Å²) < 4.78 is 56.4. The minimum absolute atomic E-state index is 0.0111. The summed E-state index contributed by atoms with van der Waals surface area (Å²) in [5.41, 5.74) is 34.9. The molecule has 3 saturated heterocycles. The zero-order valence-electron chi connectivity index (χ0n) is 35.1. The van der Waals surface area contributed by atoms with Crippen molar-refractivity contribution in [3.05, 3.63) is 39.4 Å². The maximum atomic E-state index is 14.6. The molecular weight excluding hydrogens is 873 g/mol. The van der Waals surface area contributed by atoms with Gasteiger partial charge in [-0.3, -0.25) is 4.79 Å². The highest BCUT2D eigenvalue weighted by molar-refractivity contribution is 5.95. The van der Waals surface area contributed by atoms with E-state index >= 15 is 0 Å². The zero-order valence-corrected chi connectivity index (χ0v) is 35.1. The van der Waals surface area contributed by atoms with E-state index in [1.807, 2.05) is 6.92 Å². The van der Waals surface area contributed by atoms with Crippen LogP contribution in [-0.2, 0) is 34.0 Å². The number of pyridine rings is 1. The van der Waals surface area contributed by atoms with Crippen molar-refractivity contribution in [1.82, 2.24) is 4.57 Å². The summed E-state index contributed by atoms with van der Waals surface area (Å²) in [5, 5.41) is 91.5. The van der Waals surface area contributed by atoms with E-state index in [-0.39, 0.29) is 47.9 Å². The van der Waals surface area contributed by atoms with Crippen molar-refractivity contribution in [3.63, 3.8) is 0 Å². The van der Waals surface area contributed by atoms with Gasteiger partial charge in [0.15, 0.2) is 24.6 Å². The molecule has 6 aliphatic rings. The van der Waals surface area contributed by atoms with E-state index in [1.54, 1.807) is 4.57 Å². The number of benzene rings is 1. The van der Waals surface area contributed by atoms with Crippen molar-refractivity contribution < 1.29 is 88.3 Å². The summed E-state index contributed by atoms with van der Waals surface area (Å²) in [6.07, 6.45) is -17.9. The maximum absolute atomic E-state index is 14.6. The quantitative estimate of drug-likeness (QED) is 0.0995. The first-order valence-corrected chi connectivity index (χ1v) is 21.2. The van der Waals surface area contributed by atoms with E-state index in [2.05, 4.69) is 0 Å². The van der Waals surface area contributed by atoms with Gasteiger partial charge in [0, 0.05) is 30.4 Å². The van der Waals surface area contributed by atoms with Gasteiger partial charge in [-0.1, -0.05) is 0 Å². The molecule has 0 amide bonds. The van der Waals surface area contributed by atoms with Crippen LogP contribution in [0.5, 0.6) is 5.75 Å². The molecule has 20 atom stereocenters. The van der Waals surface area contributed by atoms with Gasteiger partial charge < -0.3 is 118 Å². The van der Waals surface area contributed by atoms with Crippen LogP contribution in [0.4, 0.5) is 4.39 Å². The predicted molar refractivity (Wildman–Crippen MR) is 217 cm³/mol. The number of halogens is 1. The largest absolute Gasteiger partial charge is 0.489 e. The number of aliphatic hydroxyl groups excluding tert-OH is 8. The highest BCUT2D eigenvalue weighted by atomic mass is 19.1. The van der Waals surface area contributed by atoms with Crippen molar-refractivity contribution in [2.75, 3.05) is 26.4 Å². The fourth-order valence-electron chi connectivity index (χ4n) is 8.93. The smallest absolute Gasteiger partial charge is 0.341 e. The van der Waals surface area contributed by atoms with Crippen molar-refractivity contribution in [2.45, 2.75) is 154 Å². The van der Waals surface area contributed by atoms with Gasteiger partial charge in [0.05, 0.1) is 53.9 Å². The van der Waals surface area contributed by atoms with Crippen LogP contribution >= 0.6 is 0 Å². The van der Waals surface area contributed by atoms with Gasteiger partial charge in [-0.05, 0) is 32.3 Å². The van der Waals surface area contributed by atoms with Crippen molar-refractivity contribution in [3.8, 4) is 5.75 Å². The summed E-state index contributed by atoms with van der Waals surface area (Å²) in [6, 6.07) is -3.38. The van der Waals surface area contributed by atoms with Gasteiger partial charge in [-0.25, -0.2) is 9.18 Å². The number of aromatic nitrogens is 1. The Balaban J connectivity index is 0.000000229. The molecule has 0 bridgehead atoms. The number of nitrogens with zero attached hydrogens (tertiary/aromatic N) is 1. The van der Waals surface area contributed by atoms with Crippen LogP contribution in [0, 0.1) is 5.82 Å². The number of carboxylic acids is 1. The fourth-order valence-corrected chi connectivity index (χ4v) is 8.93. The second-order valence-electron chi connectivity index (χ2n) is 17.6. The first kappa shape index (κ1) is 49.7. The third-order valence-corrected chi connectivity index (χ3v) is 13.0. The van der Waals surface area contributed by atoms with Gasteiger partial charge >= 0.3 is 5.97 Å². The first-order valence-electron chi connectivity index (χ1n) is 21.2. The molecule has 2 aliphatic carbocycles. The number of rotatable bonds is 11. The molecule has 5 fully saturated rings. The lowest BCUT2D eigenvalue weighted by Crippen LogP contribution is -2.68. The van der Waals surface area contributed by atoms with E-state index in [9.17, 15) is 59.9 Å². The molecular formula is C39H60FN7O18. The van der Waals surface area contributed by atoms with Crippen LogP contribution in [0.2, 0.25) is 0 Å². The van der Waals surface area contributed by atoms with Gasteiger partial charge in [0.1, 0.15) is 85.1 Å². The molecule has 2 saturated carbocycles. The average Bonchev–Trinajstić information content (AvgIpc) is 3.95. The Labute approximate surface area is 369 Å². The number of aliphatic hydroxyl groups is 8. The standard InChI is InChI=1S/C23H45N5O14.C16H15FN2O4/c24-2-7-13(32)15(34)10(27)21(37-7)41-19-9(4-30)39-23(17(19)36)42-20-12(31)5(25)1-6(26)18(20)40-22-11(28)16(35)14(33)8(3-29)38-22;1-7-6-23-14-11(16(18)2-3-16)10(17)4-8-12(14)19(7)5-9(13(8)20)15(21)22/h5-23,29-36H,1-4,24-28H2;4-5,7H,2-3,6,18H2,1H3,(H,21,22)/t5-,6+,7+,8-,9-,10-,11-,12+,13-,14-,15-,16-,17-,18-,19-,20-,21-,22-,23+;7-/m10/s1. The second-order valence-corrected chi connectivity index (χ2v) is 17.6. The van der Waals surface area contributed by atoms with E-state index in [0.717, 1.165) is 6.07 Å². The third kappa shape index (κ3) is 9.25. The van der Waals surface area contributed by atoms with Crippen molar-refractivity contribution >= 4 is 16.9 Å². The lowest BCUT2D eigenvalue weighted by molar-refractivity contribution is -0.310. The molecule has 5 heterocycles. The van der Waals surface area contributed by atoms with Crippen LogP contribution in [0.3, 0.4) is 0 Å². The van der Waals surface area contributed by atoms with E-state index in [4.69, 9.17) is 67.6 Å². The number of aromatic carboxylic acids is 1. The van der Waals surface area contributed by atoms with Gasteiger partial charge in [0.25, 0.3) is 0 Å². The summed E-state index contributed by atoms with van der Waals surface area (Å²) in [7, 11) is 0. The molecule has 1 aromatic heterocycles. The van der Waals surface area contributed by atoms with Crippen LogP contribution < -0.4 is 44.6 Å². The summed E-state index contributed by atoms with van der Waals surface area (Å²) >= 11 is 0. The molecule has 8 rings (SSSR count). The second kappa shape index (κ2) is 19.4. The number of hydrogen-bond donors (Lipinski definition) is 15. The molecule has 0 radical (unpaired) electrons. The molecule has 0 unspecified atom stereocenters. The minimum Gasteiger partial charge on any atom is -0.489 e.